The summed E-state index contributed by atoms with van der Waals surface area (Å²) in [7, 11) is 1.81. The van der Waals surface area contributed by atoms with Crippen LogP contribution in [0.3, 0.4) is 0 Å². The van der Waals surface area contributed by atoms with Crippen LogP contribution in [-0.4, -0.2) is 44.8 Å². The topological polar surface area (TPSA) is 75.9 Å². The number of hydrogen-bond donors (Lipinski definition) is 1. The fourth-order valence-electron chi connectivity index (χ4n) is 2.89. The van der Waals surface area contributed by atoms with Crippen molar-refractivity contribution in [3.8, 4) is 0 Å². The Morgan fingerprint density at radius 2 is 2.00 bits per heavy atom. The third-order valence-corrected chi connectivity index (χ3v) is 4.41. The lowest BCUT2D eigenvalue weighted by Gasteiger charge is -2.34. The van der Waals surface area contributed by atoms with Gasteiger partial charge in [0.05, 0.1) is 11.8 Å². The molecule has 1 amide bonds. The predicted molar refractivity (Wildman–Crippen MR) is 87.4 cm³/mol. The Bertz CT molecular complexity index is 702. The average molecular weight is 314 g/mol. The Kier molecular flexibility index (Phi) is 4.27. The predicted octanol–water partition coefficient (Wildman–Crippen LogP) is 1.23. The lowest BCUT2D eigenvalue weighted by Crippen LogP contribution is -2.45. The molecule has 1 N–H and O–H groups in total. The molecule has 23 heavy (non-hydrogen) atoms. The molecule has 0 spiro atoms. The molecule has 0 aromatic carbocycles. The van der Waals surface area contributed by atoms with Gasteiger partial charge in [0.15, 0.2) is 0 Å². The number of amides is 1. The Hall–Kier alpha value is -2.44. The van der Waals surface area contributed by atoms with Gasteiger partial charge in [0, 0.05) is 43.6 Å². The van der Waals surface area contributed by atoms with Gasteiger partial charge in [-0.3, -0.25) is 9.48 Å². The first-order chi connectivity index (χ1) is 11.0. The number of piperidine rings is 1. The van der Waals surface area contributed by atoms with Crippen LogP contribution in [0.1, 0.15) is 34.5 Å². The standard InChI is InChI=1S/C16H22N6O/c1-11-12(2)17-10-18-15(11)22-6-4-14(5-7-22)20-16(23)13-8-19-21(3)9-13/h8-10,14H,4-7H2,1-3H3,(H,20,23). The molecule has 0 atom stereocenters. The summed E-state index contributed by atoms with van der Waals surface area (Å²) in [6, 6.07) is 0.196. The van der Waals surface area contributed by atoms with Crippen LogP contribution in [-0.2, 0) is 7.05 Å². The summed E-state index contributed by atoms with van der Waals surface area (Å²) >= 11 is 0. The molecule has 3 heterocycles. The molecule has 0 bridgehead atoms. The maximum Gasteiger partial charge on any atom is 0.254 e. The molecule has 1 fully saturated rings. The zero-order valence-electron chi connectivity index (χ0n) is 13.8. The Morgan fingerprint density at radius 1 is 1.26 bits per heavy atom. The number of nitrogens with zero attached hydrogens (tertiary/aromatic N) is 5. The van der Waals surface area contributed by atoms with Crippen molar-refractivity contribution in [2.45, 2.75) is 32.7 Å². The highest BCUT2D eigenvalue weighted by Gasteiger charge is 2.23. The molecule has 7 heteroatoms. The first-order valence-electron chi connectivity index (χ1n) is 7.87. The van der Waals surface area contributed by atoms with Gasteiger partial charge in [-0.15, -0.1) is 0 Å². The highest BCUT2D eigenvalue weighted by atomic mass is 16.1. The number of aryl methyl sites for hydroxylation is 2. The van der Waals surface area contributed by atoms with E-state index >= 15 is 0 Å². The smallest absolute Gasteiger partial charge is 0.254 e. The van der Waals surface area contributed by atoms with Crippen LogP contribution in [0.2, 0.25) is 0 Å². The van der Waals surface area contributed by atoms with Gasteiger partial charge in [-0.1, -0.05) is 0 Å². The van der Waals surface area contributed by atoms with Gasteiger partial charge in [0.1, 0.15) is 12.1 Å². The molecule has 7 nitrogen and oxygen atoms in total. The van der Waals surface area contributed by atoms with Crippen LogP contribution < -0.4 is 10.2 Å². The molecule has 0 saturated carbocycles. The van der Waals surface area contributed by atoms with Gasteiger partial charge in [0.2, 0.25) is 0 Å². The molecule has 2 aromatic rings. The summed E-state index contributed by atoms with van der Waals surface area (Å²) < 4.78 is 1.64. The van der Waals surface area contributed by atoms with E-state index < -0.39 is 0 Å². The molecule has 3 rings (SSSR count). The van der Waals surface area contributed by atoms with E-state index in [2.05, 4.69) is 32.2 Å². The van der Waals surface area contributed by atoms with Crippen LogP contribution in [0.15, 0.2) is 18.7 Å². The summed E-state index contributed by atoms with van der Waals surface area (Å²) in [6.07, 6.45) is 6.77. The van der Waals surface area contributed by atoms with Crippen molar-refractivity contribution in [2.75, 3.05) is 18.0 Å². The van der Waals surface area contributed by atoms with Crippen molar-refractivity contribution in [3.05, 3.63) is 35.5 Å². The number of aromatic nitrogens is 4. The second-order valence-electron chi connectivity index (χ2n) is 6.05. The molecular formula is C16H22N6O. The second-order valence-corrected chi connectivity index (χ2v) is 6.05. The highest BCUT2D eigenvalue weighted by Crippen LogP contribution is 2.22. The van der Waals surface area contributed by atoms with Gasteiger partial charge in [-0.2, -0.15) is 5.10 Å². The fraction of sp³-hybridized carbons (Fsp3) is 0.500. The number of carbonyl (C=O) groups excluding carboxylic acids is 1. The van der Waals surface area contributed by atoms with Gasteiger partial charge in [-0.05, 0) is 26.7 Å². The Morgan fingerprint density at radius 3 is 2.65 bits per heavy atom. The van der Waals surface area contributed by atoms with Crippen LogP contribution in [0.5, 0.6) is 0 Å². The summed E-state index contributed by atoms with van der Waals surface area (Å²) in [4.78, 5) is 23.1. The van der Waals surface area contributed by atoms with E-state index in [1.165, 1.54) is 0 Å². The number of carbonyl (C=O) groups is 1. The quantitative estimate of drug-likeness (QED) is 0.922. The van der Waals surface area contributed by atoms with Crippen molar-refractivity contribution in [1.29, 1.82) is 0 Å². The third kappa shape index (κ3) is 3.33. The first-order valence-corrected chi connectivity index (χ1v) is 7.87. The Balaban J connectivity index is 1.58. The van der Waals surface area contributed by atoms with Crippen molar-refractivity contribution in [3.63, 3.8) is 0 Å². The average Bonchev–Trinajstić information content (AvgIpc) is 2.98. The van der Waals surface area contributed by atoms with E-state index in [9.17, 15) is 4.79 Å². The van der Waals surface area contributed by atoms with Crippen LogP contribution in [0.25, 0.3) is 0 Å². The summed E-state index contributed by atoms with van der Waals surface area (Å²) in [5.74, 6) is 0.958. The molecule has 1 saturated heterocycles. The highest BCUT2D eigenvalue weighted by molar-refractivity contribution is 5.93. The van der Waals surface area contributed by atoms with Crippen LogP contribution >= 0.6 is 0 Å². The largest absolute Gasteiger partial charge is 0.356 e. The molecule has 1 aliphatic rings. The van der Waals surface area contributed by atoms with Crippen LogP contribution in [0, 0.1) is 13.8 Å². The SMILES string of the molecule is Cc1ncnc(N2CCC(NC(=O)c3cnn(C)c3)CC2)c1C. The normalized spacial score (nSPS) is 15.7. The maximum absolute atomic E-state index is 12.2. The first kappa shape index (κ1) is 15.5. The maximum atomic E-state index is 12.2. The van der Waals surface area contributed by atoms with Gasteiger partial charge in [-0.25, -0.2) is 9.97 Å². The lowest BCUT2D eigenvalue weighted by atomic mass is 10.0. The van der Waals surface area contributed by atoms with E-state index in [1.54, 1.807) is 30.5 Å². The molecule has 0 radical (unpaired) electrons. The van der Waals surface area contributed by atoms with Gasteiger partial charge >= 0.3 is 0 Å². The summed E-state index contributed by atoms with van der Waals surface area (Å²) in [6.45, 7) is 5.83. The van der Waals surface area contributed by atoms with E-state index in [4.69, 9.17) is 0 Å². The minimum Gasteiger partial charge on any atom is -0.356 e. The number of nitrogens with one attached hydrogen (secondary N) is 1. The van der Waals surface area contributed by atoms with E-state index in [0.29, 0.717) is 5.56 Å². The lowest BCUT2D eigenvalue weighted by molar-refractivity contribution is 0.0931. The van der Waals surface area contributed by atoms with Crippen LogP contribution in [0.4, 0.5) is 5.82 Å². The van der Waals surface area contributed by atoms with Gasteiger partial charge in [0.25, 0.3) is 5.91 Å². The number of rotatable bonds is 3. The summed E-state index contributed by atoms with van der Waals surface area (Å²) in [5.41, 5.74) is 2.75. The minimum absolute atomic E-state index is 0.0504. The minimum atomic E-state index is -0.0504. The number of hydrogen-bond acceptors (Lipinski definition) is 5. The molecule has 0 unspecified atom stereocenters. The Labute approximate surface area is 135 Å². The zero-order chi connectivity index (χ0) is 16.4. The van der Waals surface area contributed by atoms with Gasteiger partial charge < -0.3 is 10.2 Å². The van der Waals surface area contributed by atoms with Crippen molar-refractivity contribution in [1.82, 2.24) is 25.1 Å². The zero-order valence-corrected chi connectivity index (χ0v) is 13.8. The molecule has 0 aliphatic carbocycles. The number of anilines is 1. The van der Waals surface area contributed by atoms with Crippen molar-refractivity contribution < 1.29 is 4.79 Å². The monoisotopic (exact) mass is 314 g/mol. The fourth-order valence-corrected chi connectivity index (χ4v) is 2.89. The molecule has 2 aromatic heterocycles. The van der Waals surface area contributed by atoms with E-state index in [1.807, 2.05) is 6.92 Å². The van der Waals surface area contributed by atoms with E-state index in [0.717, 1.165) is 43.0 Å². The third-order valence-electron chi connectivity index (χ3n) is 4.41. The second kappa shape index (κ2) is 6.36. The summed E-state index contributed by atoms with van der Waals surface area (Å²) in [5, 5.41) is 7.13. The molecule has 122 valence electrons. The van der Waals surface area contributed by atoms with Crippen molar-refractivity contribution in [2.24, 2.45) is 7.05 Å². The van der Waals surface area contributed by atoms with Crippen molar-refractivity contribution >= 4 is 11.7 Å². The molecule has 1 aliphatic heterocycles. The van der Waals surface area contributed by atoms with E-state index in [-0.39, 0.29) is 11.9 Å². The molecular weight excluding hydrogens is 292 g/mol.